The van der Waals surface area contributed by atoms with Crippen molar-refractivity contribution in [2.75, 3.05) is 18.5 Å². The number of carbonyl (C=O) groups is 2. The number of benzene rings is 1. The summed E-state index contributed by atoms with van der Waals surface area (Å²) in [6.45, 7) is -0.0104. The van der Waals surface area contributed by atoms with E-state index in [1.54, 1.807) is 18.3 Å². The van der Waals surface area contributed by atoms with Crippen LogP contribution in [0.3, 0.4) is 0 Å². The molecule has 1 fully saturated rings. The lowest BCUT2D eigenvalue weighted by atomic mass is 10.0. The van der Waals surface area contributed by atoms with Gasteiger partial charge in [0, 0.05) is 12.6 Å². The minimum atomic E-state index is -0.935. The van der Waals surface area contributed by atoms with Crippen LogP contribution in [0.4, 0.5) is 14.9 Å². The summed E-state index contributed by atoms with van der Waals surface area (Å²) in [6, 6.07) is 3.34. The molecule has 1 aromatic heterocycles. The summed E-state index contributed by atoms with van der Waals surface area (Å²) in [5.74, 6) is -0.859. The Labute approximate surface area is 143 Å². The van der Waals surface area contributed by atoms with Crippen LogP contribution >= 0.6 is 0 Å². The maximum atomic E-state index is 15.2. The molecule has 0 bridgehead atoms. The van der Waals surface area contributed by atoms with Gasteiger partial charge in [0.25, 0.3) is 5.91 Å². The van der Waals surface area contributed by atoms with E-state index in [2.05, 4.69) is 15.5 Å². The molecule has 4 rings (SSSR count). The second-order valence-corrected chi connectivity index (χ2v) is 6.15. The number of halogens is 1. The number of nitrogens with zero attached hydrogens (tertiary/aromatic N) is 2. The fraction of sp³-hybridized carbons (Fsp3) is 0.353. The average Bonchev–Trinajstić information content (AvgIpc) is 3.18. The van der Waals surface area contributed by atoms with Gasteiger partial charge in [0.1, 0.15) is 0 Å². The molecule has 8 heteroatoms. The van der Waals surface area contributed by atoms with E-state index >= 15 is 4.39 Å². The predicted molar refractivity (Wildman–Crippen MR) is 87.7 cm³/mol. The summed E-state index contributed by atoms with van der Waals surface area (Å²) in [6.07, 6.45) is 2.30. The van der Waals surface area contributed by atoms with Gasteiger partial charge in [-0.2, -0.15) is 5.10 Å². The molecule has 1 atom stereocenters. The molecular formula is C17H17FN4O3. The third kappa shape index (κ3) is 2.45. The molecule has 2 aliphatic rings. The normalized spacial score (nSPS) is 19.0. The molecule has 2 N–H and O–H groups in total. The highest BCUT2D eigenvalue weighted by atomic mass is 19.1. The molecule has 0 spiro atoms. The molecule has 1 aliphatic heterocycles. The number of ether oxygens (including phenoxy) is 1. The largest absolute Gasteiger partial charge is 0.434 e. The standard InChI is InChI=1S/C17H17FN4O3/c1-19-16(23)13-8-22(17(24)25-13)12-6-5-11-10(14(12)18)4-2-3-9-7-20-21-15(9)11/h5-7,13H,2-4,8H2,1H3,(H,19,23)(H,20,21)/t13-/m1/s1. The molecule has 130 valence electrons. The second kappa shape index (κ2) is 5.87. The van der Waals surface area contributed by atoms with Crippen molar-refractivity contribution in [1.82, 2.24) is 15.5 Å². The lowest BCUT2D eigenvalue weighted by Gasteiger charge is -2.17. The number of H-pyrrole nitrogens is 1. The molecule has 0 saturated carbocycles. The van der Waals surface area contributed by atoms with Gasteiger partial charge in [-0.3, -0.25) is 14.8 Å². The first kappa shape index (κ1) is 15.6. The van der Waals surface area contributed by atoms with Gasteiger partial charge in [-0.05, 0) is 36.5 Å². The maximum Gasteiger partial charge on any atom is 0.415 e. The summed E-state index contributed by atoms with van der Waals surface area (Å²) in [5.41, 5.74) is 3.34. The Morgan fingerprint density at radius 3 is 3.08 bits per heavy atom. The second-order valence-electron chi connectivity index (χ2n) is 6.15. The number of fused-ring (bicyclic) bond motifs is 3. The summed E-state index contributed by atoms with van der Waals surface area (Å²) in [4.78, 5) is 25.0. The molecule has 2 amide bonds. The Morgan fingerprint density at radius 2 is 2.28 bits per heavy atom. The zero-order valence-electron chi connectivity index (χ0n) is 13.6. The van der Waals surface area contributed by atoms with Crippen LogP contribution in [-0.2, 0) is 22.4 Å². The molecule has 0 radical (unpaired) electrons. The minimum absolute atomic E-state index is 0.0104. The van der Waals surface area contributed by atoms with Gasteiger partial charge in [0.05, 0.1) is 24.1 Å². The van der Waals surface area contributed by atoms with Gasteiger partial charge >= 0.3 is 6.09 Å². The van der Waals surface area contributed by atoms with Crippen molar-refractivity contribution < 1.29 is 18.7 Å². The quantitative estimate of drug-likeness (QED) is 0.869. The van der Waals surface area contributed by atoms with E-state index in [4.69, 9.17) is 4.74 Å². The molecule has 1 aromatic carbocycles. The van der Waals surface area contributed by atoms with E-state index in [0.29, 0.717) is 12.0 Å². The summed E-state index contributed by atoms with van der Waals surface area (Å²) in [5, 5.41) is 9.41. The van der Waals surface area contributed by atoms with Gasteiger partial charge in [0.15, 0.2) is 11.9 Å². The van der Waals surface area contributed by atoms with Crippen LogP contribution in [0, 0.1) is 5.82 Å². The first-order valence-electron chi connectivity index (χ1n) is 8.14. The predicted octanol–water partition coefficient (Wildman–Crippen LogP) is 1.78. The lowest BCUT2D eigenvalue weighted by molar-refractivity contribution is -0.127. The van der Waals surface area contributed by atoms with Crippen molar-refractivity contribution in [2.45, 2.75) is 25.4 Å². The monoisotopic (exact) mass is 344 g/mol. The molecular weight excluding hydrogens is 327 g/mol. The minimum Gasteiger partial charge on any atom is -0.434 e. The first-order chi connectivity index (χ1) is 12.1. The topological polar surface area (TPSA) is 87.3 Å². The maximum absolute atomic E-state index is 15.2. The van der Waals surface area contributed by atoms with Crippen molar-refractivity contribution in [1.29, 1.82) is 0 Å². The number of cyclic esters (lactones) is 1. The highest BCUT2D eigenvalue weighted by molar-refractivity contribution is 5.96. The Morgan fingerprint density at radius 1 is 1.44 bits per heavy atom. The van der Waals surface area contributed by atoms with E-state index in [9.17, 15) is 9.59 Å². The van der Waals surface area contributed by atoms with E-state index in [1.165, 1.54) is 11.9 Å². The van der Waals surface area contributed by atoms with Gasteiger partial charge < -0.3 is 10.1 Å². The van der Waals surface area contributed by atoms with E-state index < -0.39 is 23.9 Å². The van der Waals surface area contributed by atoms with Crippen molar-refractivity contribution >= 4 is 17.7 Å². The molecule has 2 heterocycles. The molecule has 1 saturated heterocycles. The van der Waals surface area contributed by atoms with E-state index in [1.807, 2.05) is 0 Å². The van der Waals surface area contributed by atoms with Crippen LogP contribution < -0.4 is 10.2 Å². The van der Waals surface area contributed by atoms with Crippen molar-refractivity contribution in [2.24, 2.45) is 0 Å². The summed E-state index contributed by atoms with van der Waals surface area (Å²) < 4.78 is 20.2. The number of hydrogen-bond acceptors (Lipinski definition) is 4. The number of aromatic nitrogens is 2. The average molecular weight is 344 g/mol. The summed E-state index contributed by atoms with van der Waals surface area (Å²) in [7, 11) is 1.46. The third-order valence-corrected chi connectivity index (χ3v) is 4.72. The fourth-order valence-corrected chi connectivity index (χ4v) is 3.44. The Bertz CT molecular complexity index is 864. The number of hydrogen-bond donors (Lipinski definition) is 2. The zero-order chi connectivity index (χ0) is 17.6. The van der Waals surface area contributed by atoms with Crippen LogP contribution in [0.2, 0.25) is 0 Å². The van der Waals surface area contributed by atoms with E-state index in [-0.39, 0.29) is 12.2 Å². The zero-order valence-corrected chi connectivity index (χ0v) is 13.6. The number of nitrogens with one attached hydrogen (secondary N) is 2. The Hall–Kier alpha value is -2.90. The molecule has 0 unspecified atom stereocenters. The first-order valence-corrected chi connectivity index (χ1v) is 8.14. The summed E-state index contributed by atoms with van der Waals surface area (Å²) >= 11 is 0. The van der Waals surface area contributed by atoms with Crippen LogP contribution in [0.25, 0.3) is 11.3 Å². The molecule has 2 aromatic rings. The van der Waals surface area contributed by atoms with Gasteiger partial charge in [-0.15, -0.1) is 0 Å². The van der Waals surface area contributed by atoms with Crippen molar-refractivity contribution in [3.63, 3.8) is 0 Å². The van der Waals surface area contributed by atoms with Crippen molar-refractivity contribution in [3.8, 4) is 11.3 Å². The van der Waals surface area contributed by atoms with Gasteiger partial charge in [-0.1, -0.05) is 6.07 Å². The smallest absolute Gasteiger partial charge is 0.415 e. The van der Waals surface area contributed by atoms with Gasteiger partial charge in [0.2, 0.25) is 0 Å². The fourth-order valence-electron chi connectivity index (χ4n) is 3.44. The number of aryl methyl sites for hydroxylation is 1. The van der Waals surface area contributed by atoms with Crippen LogP contribution in [0.1, 0.15) is 17.5 Å². The number of carbonyl (C=O) groups excluding carboxylic acids is 2. The van der Waals surface area contributed by atoms with Crippen LogP contribution in [0.15, 0.2) is 18.3 Å². The molecule has 7 nitrogen and oxygen atoms in total. The van der Waals surface area contributed by atoms with Crippen LogP contribution in [-0.4, -0.2) is 41.9 Å². The molecule has 1 aliphatic carbocycles. The third-order valence-electron chi connectivity index (χ3n) is 4.72. The number of aromatic amines is 1. The van der Waals surface area contributed by atoms with Gasteiger partial charge in [-0.25, -0.2) is 9.18 Å². The number of likely N-dealkylation sites (N-methyl/N-ethyl adjacent to an activating group) is 1. The Kier molecular flexibility index (Phi) is 3.67. The number of rotatable bonds is 2. The van der Waals surface area contributed by atoms with Crippen LogP contribution in [0.5, 0.6) is 0 Å². The Balaban J connectivity index is 1.73. The lowest BCUT2D eigenvalue weighted by Crippen LogP contribution is -2.35. The SMILES string of the molecule is CNC(=O)[C@H]1CN(c2ccc3c(c2F)CCCc2cn[nH]c2-3)C(=O)O1. The molecule has 25 heavy (non-hydrogen) atoms. The highest BCUT2D eigenvalue weighted by Gasteiger charge is 2.38. The van der Waals surface area contributed by atoms with Crippen molar-refractivity contribution in [3.05, 3.63) is 35.3 Å². The number of anilines is 1. The highest BCUT2D eigenvalue weighted by Crippen LogP contribution is 2.37. The van der Waals surface area contributed by atoms with E-state index in [0.717, 1.165) is 29.7 Å². The number of amides is 2.